The summed E-state index contributed by atoms with van der Waals surface area (Å²) in [5.41, 5.74) is 3.27. The summed E-state index contributed by atoms with van der Waals surface area (Å²) >= 11 is 5.94. The normalized spacial score (nSPS) is 13.3. The zero-order valence-electron chi connectivity index (χ0n) is 17.4. The molecular formula is C24H22ClN5O2. The molecule has 0 fully saturated rings. The largest absolute Gasteiger partial charge is 0.338 e. The lowest BCUT2D eigenvalue weighted by atomic mass is 9.99. The van der Waals surface area contributed by atoms with Gasteiger partial charge in [0.1, 0.15) is 5.82 Å². The number of amides is 1. The van der Waals surface area contributed by atoms with Crippen molar-refractivity contribution in [2.45, 2.75) is 32.2 Å². The van der Waals surface area contributed by atoms with Crippen LogP contribution in [0.5, 0.6) is 0 Å². The van der Waals surface area contributed by atoms with Crippen LogP contribution in [0.4, 0.5) is 0 Å². The summed E-state index contributed by atoms with van der Waals surface area (Å²) in [7, 11) is 0. The van der Waals surface area contributed by atoms with E-state index in [0.29, 0.717) is 42.3 Å². The highest BCUT2D eigenvalue weighted by Crippen LogP contribution is 2.19. The first kappa shape index (κ1) is 20.5. The molecule has 0 unspecified atom stereocenters. The van der Waals surface area contributed by atoms with Gasteiger partial charge in [-0.25, -0.2) is 0 Å². The Morgan fingerprint density at radius 2 is 1.78 bits per heavy atom. The molecule has 0 aliphatic carbocycles. The number of rotatable bonds is 5. The SMILES string of the molecule is O=C(CCCc1nnc2c(=O)n(-c3ccc(Cl)cc3)ccn12)N1CCc2ccccc2C1. The third-order valence-corrected chi connectivity index (χ3v) is 6.17. The van der Waals surface area contributed by atoms with Gasteiger partial charge in [0.2, 0.25) is 11.6 Å². The van der Waals surface area contributed by atoms with Gasteiger partial charge in [0.25, 0.3) is 0 Å². The smallest absolute Gasteiger partial charge is 0.300 e. The Kier molecular flexibility index (Phi) is 5.49. The number of carbonyl (C=O) groups is 1. The van der Waals surface area contributed by atoms with Crippen molar-refractivity contribution in [1.29, 1.82) is 0 Å². The Morgan fingerprint density at radius 1 is 1.00 bits per heavy atom. The first-order valence-corrected chi connectivity index (χ1v) is 11.0. The lowest BCUT2D eigenvalue weighted by molar-refractivity contribution is -0.132. The van der Waals surface area contributed by atoms with Gasteiger partial charge in [-0.15, -0.1) is 10.2 Å². The summed E-state index contributed by atoms with van der Waals surface area (Å²) in [6, 6.07) is 15.3. The summed E-state index contributed by atoms with van der Waals surface area (Å²) in [5, 5.41) is 8.90. The minimum Gasteiger partial charge on any atom is -0.338 e. The molecule has 1 aliphatic rings. The van der Waals surface area contributed by atoms with Crippen molar-refractivity contribution < 1.29 is 4.79 Å². The van der Waals surface area contributed by atoms with E-state index in [1.807, 2.05) is 17.0 Å². The molecule has 7 nitrogen and oxygen atoms in total. The molecular weight excluding hydrogens is 426 g/mol. The number of halogens is 1. The van der Waals surface area contributed by atoms with E-state index in [4.69, 9.17) is 11.6 Å². The predicted octanol–water partition coefficient (Wildman–Crippen LogP) is 3.44. The number of aromatic nitrogens is 4. The number of hydrogen-bond donors (Lipinski definition) is 0. The number of carbonyl (C=O) groups excluding carboxylic acids is 1. The third kappa shape index (κ3) is 3.91. The molecule has 2 aromatic heterocycles. The average Bonchev–Trinajstić information content (AvgIpc) is 3.23. The van der Waals surface area contributed by atoms with E-state index >= 15 is 0 Å². The van der Waals surface area contributed by atoms with Crippen molar-refractivity contribution in [2.24, 2.45) is 0 Å². The predicted molar refractivity (Wildman–Crippen MR) is 122 cm³/mol. The van der Waals surface area contributed by atoms with Crippen LogP contribution in [0.15, 0.2) is 65.7 Å². The van der Waals surface area contributed by atoms with Gasteiger partial charge >= 0.3 is 5.56 Å². The fourth-order valence-corrected chi connectivity index (χ4v) is 4.30. The second-order valence-corrected chi connectivity index (χ2v) is 8.38. The molecule has 0 bridgehead atoms. The molecule has 2 aromatic carbocycles. The first-order valence-electron chi connectivity index (χ1n) is 10.7. The highest BCUT2D eigenvalue weighted by Gasteiger charge is 2.20. The lowest BCUT2D eigenvalue weighted by Crippen LogP contribution is -2.35. The van der Waals surface area contributed by atoms with Gasteiger partial charge in [0.05, 0.1) is 0 Å². The number of benzene rings is 2. The summed E-state index contributed by atoms with van der Waals surface area (Å²) < 4.78 is 3.22. The Hall–Kier alpha value is -3.45. The average molecular weight is 448 g/mol. The Morgan fingerprint density at radius 3 is 2.59 bits per heavy atom. The molecule has 0 radical (unpaired) electrons. The summed E-state index contributed by atoms with van der Waals surface area (Å²) in [5.74, 6) is 0.829. The summed E-state index contributed by atoms with van der Waals surface area (Å²) in [6.45, 7) is 1.43. The molecule has 0 saturated carbocycles. The zero-order valence-corrected chi connectivity index (χ0v) is 18.2. The molecule has 1 aliphatic heterocycles. The van der Waals surface area contributed by atoms with E-state index in [1.165, 1.54) is 15.7 Å². The van der Waals surface area contributed by atoms with E-state index in [2.05, 4.69) is 22.3 Å². The van der Waals surface area contributed by atoms with E-state index in [-0.39, 0.29) is 17.1 Å². The van der Waals surface area contributed by atoms with Crippen molar-refractivity contribution in [1.82, 2.24) is 24.1 Å². The van der Waals surface area contributed by atoms with Crippen LogP contribution in [0, 0.1) is 0 Å². The van der Waals surface area contributed by atoms with Gasteiger partial charge in [0, 0.05) is 49.0 Å². The third-order valence-electron chi connectivity index (χ3n) is 5.92. The Labute approximate surface area is 189 Å². The fraction of sp³-hybridized carbons (Fsp3) is 0.250. The van der Waals surface area contributed by atoms with Crippen molar-refractivity contribution in [2.75, 3.05) is 6.54 Å². The van der Waals surface area contributed by atoms with Crippen molar-refractivity contribution >= 4 is 23.2 Å². The standard InChI is InChI=1S/C24H22ClN5O2/c25-19-8-10-20(11-9-19)29-14-15-30-21(26-27-23(30)24(29)32)6-3-7-22(31)28-13-12-17-4-1-2-5-18(17)16-28/h1-2,4-5,8-11,14-15H,3,6-7,12-13,16H2. The highest BCUT2D eigenvalue weighted by atomic mass is 35.5. The van der Waals surface area contributed by atoms with Crippen molar-refractivity contribution in [3.63, 3.8) is 0 Å². The molecule has 3 heterocycles. The summed E-state index contributed by atoms with van der Waals surface area (Å²) in [4.78, 5) is 27.5. The molecule has 0 N–H and O–H groups in total. The summed E-state index contributed by atoms with van der Waals surface area (Å²) in [6.07, 6.45) is 6.04. The quantitative estimate of drug-likeness (QED) is 0.470. The van der Waals surface area contributed by atoms with Crippen molar-refractivity contribution in [3.8, 4) is 5.69 Å². The highest BCUT2D eigenvalue weighted by molar-refractivity contribution is 6.30. The van der Waals surface area contributed by atoms with Gasteiger partial charge in [0.15, 0.2) is 0 Å². The lowest BCUT2D eigenvalue weighted by Gasteiger charge is -2.29. The molecule has 5 rings (SSSR count). The fourth-order valence-electron chi connectivity index (χ4n) is 4.17. The minimum atomic E-state index is -0.253. The number of nitrogens with zero attached hydrogens (tertiary/aromatic N) is 5. The maximum absolute atomic E-state index is 12.9. The Balaban J connectivity index is 1.25. The van der Waals surface area contributed by atoms with Crippen LogP contribution in [0.1, 0.15) is 29.8 Å². The van der Waals surface area contributed by atoms with Crippen LogP contribution in [-0.4, -0.2) is 36.5 Å². The van der Waals surface area contributed by atoms with Crippen LogP contribution in [0.3, 0.4) is 0 Å². The van der Waals surface area contributed by atoms with Crippen LogP contribution >= 0.6 is 11.6 Å². The van der Waals surface area contributed by atoms with E-state index in [1.54, 1.807) is 41.1 Å². The molecule has 4 aromatic rings. The molecule has 0 spiro atoms. The van der Waals surface area contributed by atoms with Gasteiger partial charge < -0.3 is 4.90 Å². The molecule has 1 amide bonds. The Bertz CT molecular complexity index is 1340. The van der Waals surface area contributed by atoms with Gasteiger partial charge in [-0.05, 0) is 48.2 Å². The molecule has 8 heteroatoms. The number of aryl methyl sites for hydroxylation is 1. The van der Waals surface area contributed by atoms with Crippen LogP contribution in [-0.2, 0) is 24.2 Å². The van der Waals surface area contributed by atoms with Crippen LogP contribution in [0.2, 0.25) is 5.02 Å². The zero-order chi connectivity index (χ0) is 22.1. The van der Waals surface area contributed by atoms with Gasteiger partial charge in [-0.3, -0.25) is 18.6 Å². The minimum absolute atomic E-state index is 0.151. The maximum atomic E-state index is 12.9. The number of hydrogen-bond acceptors (Lipinski definition) is 4. The molecule has 0 saturated heterocycles. The maximum Gasteiger partial charge on any atom is 0.300 e. The van der Waals surface area contributed by atoms with E-state index in [9.17, 15) is 9.59 Å². The second-order valence-electron chi connectivity index (χ2n) is 7.95. The van der Waals surface area contributed by atoms with Crippen molar-refractivity contribution in [3.05, 3.63) is 93.3 Å². The first-order chi connectivity index (χ1) is 15.6. The van der Waals surface area contributed by atoms with E-state index < -0.39 is 0 Å². The topological polar surface area (TPSA) is 72.5 Å². The van der Waals surface area contributed by atoms with Gasteiger partial charge in [-0.2, -0.15) is 0 Å². The van der Waals surface area contributed by atoms with E-state index in [0.717, 1.165) is 13.0 Å². The second kappa shape index (κ2) is 8.59. The monoisotopic (exact) mass is 447 g/mol. The number of fused-ring (bicyclic) bond motifs is 2. The molecule has 162 valence electrons. The molecule has 32 heavy (non-hydrogen) atoms. The molecule has 0 atom stereocenters. The van der Waals surface area contributed by atoms with Crippen LogP contribution < -0.4 is 5.56 Å². The van der Waals surface area contributed by atoms with Gasteiger partial charge in [-0.1, -0.05) is 35.9 Å². The van der Waals surface area contributed by atoms with Crippen LogP contribution in [0.25, 0.3) is 11.3 Å².